The molecule has 3 rings (SSSR count). The van der Waals surface area contributed by atoms with Gasteiger partial charge in [-0.2, -0.15) is 0 Å². The number of aryl methyl sites for hydroxylation is 1. The average molecular weight is 373 g/mol. The summed E-state index contributed by atoms with van der Waals surface area (Å²) >= 11 is 0. The predicted octanol–water partition coefficient (Wildman–Crippen LogP) is 2.72. The van der Waals surface area contributed by atoms with Gasteiger partial charge in [0.25, 0.3) is 0 Å². The summed E-state index contributed by atoms with van der Waals surface area (Å²) in [6.07, 6.45) is 0.924. The molecule has 0 unspecified atom stereocenters. The molecule has 7 heteroatoms. The number of fused-ring (bicyclic) bond motifs is 1. The fraction of sp³-hybridized carbons (Fsp3) is 0.500. The number of nitrogens with zero attached hydrogens (tertiary/aromatic N) is 1. The Morgan fingerprint density at radius 2 is 2.00 bits per heavy atom. The molecule has 146 valence electrons. The molecule has 1 aromatic heterocycles. The van der Waals surface area contributed by atoms with E-state index in [-0.39, 0.29) is 11.6 Å². The van der Waals surface area contributed by atoms with Gasteiger partial charge in [-0.3, -0.25) is 4.90 Å². The molecule has 1 saturated heterocycles. The van der Waals surface area contributed by atoms with Crippen molar-refractivity contribution in [3.8, 4) is 0 Å². The molecule has 0 bridgehead atoms. The van der Waals surface area contributed by atoms with Crippen molar-refractivity contribution < 1.29 is 13.9 Å². The summed E-state index contributed by atoms with van der Waals surface area (Å²) in [4.78, 5) is 26.3. The second kappa shape index (κ2) is 8.10. The van der Waals surface area contributed by atoms with Crippen molar-refractivity contribution >= 4 is 22.7 Å². The van der Waals surface area contributed by atoms with Gasteiger partial charge in [0.05, 0.1) is 13.2 Å². The molecule has 1 aromatic carbocycles. The molecular weight excluding hydrogens is 346 g/mol. The Morgan fingerprint density at radius 3 is 2.70 bits per heavy atom. The number of urea groups is 1. The molecular formula is C20H27N3O4. The number of nitrogens with one attached hydrogen (secondary N) is 2. The van der Waals surface area contributed by atoms with E-state index < -0.39 is 5.63 Å². The molecule has 1 atom stereocenters. The minimum absolute atomic E-state index is 0.117. The second-order valence-electron chi connectivity index (χ2n) is 7.22. The standard InChI is InChI=1S/C20H27N3O4/c1-4-20(3,23-7-9-26-10-8-23)13-21-19(25)22-15-5-6-16-14(2)11-18(24)27-17(16)12-15/h5-6,11-12H,4,7-10,13H2,1-3H3,(H2,21,22,25)/t20-/m0/s1. The summed E-state index contributed by atoms with van der Waals surface area (Å²) in [7, 11) is 0. The highest BCUT2D eigenvalue weighted by Crippen LogP contribution is 2.22. The van der Waals surface area contributed by atoms with Gasteiger partial charge in [-0.05, 0) is 38.0 Å². The summed E-state index contributed by atoms with van der Waals surface area (Å²) in [5, 5.41) is 6.64. The molecule has 0 radical (unpaired) electrons. The van der Waals surface area contributed by atoms with Crippen molar-refractivity contribution in [2.45, 2.75) is 32.7 Å². The number of carbonyl (C=O) groups is 1. The molecule has 2 aromatic rings. The average Bonchev–Trinajstić information content (AvgIpc) is 2.66. The number of hydrogen-bond acceptors (Lipinski definition) is 5. The van der Waals surface area contributed by atoms with Crippen molar-refractivity contribution in [2.75, 3.05) is 38.2 Å². The van der Waals surface area contributed by atoms with Crippen molar-refractivity contribution in [2.24, 2.45) is 0 Å². The minimum Gasteiger partial charge on any atom is -0.423 e. The van der Waals surface area contributed by atoms with Gasteiger partial charge in [-0.15, -0.1) is 0 Å². The van der Waals surface area contributed by atoms with E-state index in [1.54, 1.807) is 12.1 Å². The Labute approximate surface area is 158 Å². The Bertz CT molecular complexity index is 873. The van der Waals surface area contributed by atoms with Crippen LogP contribution in [-0.2, 0) is 4.74 Å². The summed E-state index contributed by atoms with van der Waals surface area (Å²) in [5.41, 5.74) is 1.38. The maximum absolute atomic E-state index is 12.4. The quantitative estimate of drug-likeness (QED) is 0.788. The lowest BCUT2D eigenvalue weighted by molar-refractivity contribution is -0.0163. The van der Waals surface area contributed by atoms with E-state index >= 15 is 0 Å². The number of amides is 2. The van der Waals surface area contributed by atoms with E-state index in [4.69, 9.17) is 9.15 Å². The van der Waals surface area contributed by atoms with Crippen molar-refractivity contribution in [1.82, 2.24) is 10.2 Å². The van der Waals surface area contributed by atoms with Gasteiger partial charge in [0.1, 0.15) is 5.58 Å². The zero-order valence-corrected chi connectivity index (χ0v) is 16.1. The Hall–Kier alpha value is -2.38. The number of ether oxygens (including phenoxy) is 1. The van der Waals surface area contributed by atoms with Crippen LogP contribution in [0.2, 0.25) is 0 Å². The molecule has 1 aliphatic rings. The molecule has 2 heterocycles. The van der Waals surface area contributed by atoms with Crippen LogP contribution in [0.4, 0.5) is 10.5 Å². The van der Waals surface area contributed by atoms with Gasteiger partial charge in [-0.25, -0.2) is 9.59 Å². The Balaban J connectivity index is 1.65. The minimum atomic E-state index is -0.397. The third-order valence-corrected chi connectivity index (χ3v) is 5.38. The number of morpholine rings is 1. The first-order valence-corrected chi connectivity index (χ1v) is 9.33. The lowest BCUT2D eigenvalue weighted by Gasteiger charge is -2.43. The summed E-state index contributed by atoms with van der Waals surface area (Å²) < 4.78 is 10.7. The number of carbonyl (C=O) groups excluding carboxylic acids is 1. The monoisotopic (exact) mass is 373 g/mol. The number of benzene rings is 1. The van der Waals surface area contributed by atoms with E-state index in [0.29, 0.717) is 17.8 Å². The lowest BCUT2D eigenvalue weighted by Crippen LogP contribution is -2.57. The first-order valence-electron chi connectivity index (χ1n) is 9.33. The van der Waals surface area contributed by atoms with Crippen LogP contribution in [0.25, 0.3) is 11.0 Å². The Morgan fingerprint density at radius 1 is 1.26 bits per heavy atom. The van der Waals surface area contributed by atoms with Crippen LogP contribution < -0.4 is 16.3 Å². The Kier molecular flexibility index (Phi) is 5.82. The highest BCUT2D eigenvalue weighted by molar-refractivity contribution is 5.92. The molecule has 2 N–H and O–H groups in total. The first kappa shape index (κ1) is 19.4. The topological polar surface area (TPSA) is 83.8 Å². The number of hydrogen-bond donors (Lipinski definition) is 2. The maximum Gasteiger partial charge on any atom is 0.336 e. The molecule has 1 aliphatic heterocycles. The molecule has 0 saturated carbocycles. The van der Waals surface area contributed by atoms with E-state index in [9.17, 15) is 9.59 Å². The van der Waals surface area contributed by atoms with Crippen LogP contribution in [0, 0.1) is 6.92 Å². The van der Waals surface area contributed by atoms with Gasteiger partial charge >= 0.3 is 11.7 Å². The molecule has 0 aliphatic carbocycles. The lowest BCUT2D eigenvalue weighted by atomic mass is 9.95. The molecule has 7 nitrogen and oxygen atoms in total. The van der Waals surface area contributed by atoms with Crippen LogP contribution in [-0.4, -0.2) is 49.3 Å². The molecule has 27 heavy (non-hydrogen) atoms. The van der Waals surface area contributed by atoms with Crippen molar-refractivity contribution in [1.29, 1.82) is 0 Å². The van der Waals surface area contributed by atoms with Crippen molar-refractivity contribution in [3.05, 3.63) is 40.2 Å². The van der Waals surface area contributed by atoms with Crippen LogP contribution in [0.5, 0.6) is 0 Å². The van der Waals surface area contributed by atoms with E-state index in [0.717, 1.165) is 43.7 Å². The molecule has 2 amide bonds. The van der Waals surface area contributed by atoms with Gasteiger partial charge in [0.15, 0.2) is 0 Å². The SMILES string of the molecule is CC[C@@](C)(CNC(=O)Nc1ccc2c(C)cc(=O)oc2c1)N1CCOCC1. The smallest absolute Gasteiger partial charge is 0.336 e. The highest BCUT2D eigenvalue weighted by Gasteiger charge is 2.31. The van der Waals surface area contributed by atoms with Gasteiger partial charge in [0.2, 0.25) is 0 Å². The second-order valence-corrected chi connectivity index (χ2v) is 7.22. The van der Waals surface area contributed by atoms with Crippen LogP contribution in [0.3, 0.4) is 0 Å². The van der Waals surface area contributed by atoms with Gasteiger partial charge in [0, 0.05) is 48.4 Å². The number of rotatable bonds is 5. The van der Waals surface area contributed by atoms with Crippen molar-refractivity contribution in [3.63, 3.8) is 0 Å². The normalized spacial score (nSPS) is 17.4. The summed E-state index contributed by atoms with van der Waals surface area (Å²) in [6.45, 7) is 9.88. The third kappa shape index (κ3) is 4.48. The summed E-state index contributed by atoms with van der Waals surface area (Å²) in [6, 6.07) is 6.49. The van der Waals surface area contributed by atoms with Gasteiger partial charge in [-0.1, -0.05) is 6.92 Å². The zero-order chi connectivity index (χ0) is 19.4. The molecule has 0 spiro atoms. The van der Waals surface area contributed by atoms with Crippen LogP contribution in [0.15, 0.2) is 33.5 Å². The maximum atomic E-state index is 12.4. The van der Waals surface area contributed by atoms with E-state index in [2.05, 4.69) is 29.4 Å². The number of anilines is 1. The van der Waals surface area contributed by atoms with Gasteiger partial charge < -0.3 is 19.8 Å². The first-order chi connectivity index (χ1) is 12.9. The third-order valence-electron chi connectivity index (χ3n) is 5.38. The van der Waals surface area contributed by atoms with Crippen LogP contribution in [0.1, 0.15) is 25.8 Å². The highest BCUT2D eigenvalue weighted by atomic mass is 16.5. The van der Waals surface area contributed by atoms with Crippen LogP contribution >= 0.6 is 0 Å². The fourth-order valence-corrected chi connectivity index (χ4v) is 3.41. The van der Waals surface area contributed by atoms with E-state index in [1.165, 1.54) is 6.07 Å². The summed E-state index contributed by atoms with van der Waals surface area (Å²) in [5.74, 6) is 0. The predicted molar refractivity (Wildman–Crippen MR) is 105 cm³/mol. The fourth-order valence-electron chi connectivity index (χ4n) is 3.41. The zero-order valence-electron chi connectivity index (χ0n) is 16.1. The molecule has 1 fully saturated rings. The largest absolute Gasteiger partial charge is 0.423 e. The van der Waals surface area contributed by atoms with E-state index in [1.807, 2.05) is 13.0 Å².